The van der Waals surface area contributed by atoms with Gasteiger partial charge in [-0.2, -0.15) is 0 Å². The molecule has 1 amide bonds. The van der Waals surface area contributed by atoms with E-state index < -0.39 is 0 Å². The predicted octanol–water partition coefficient (Wildman–Crippen LogP) is 4.52. The van der Waals surface area contributed by atoms with Crippen LogP contribution in [0, 0.1) is 13.8 Å². The molecule has 0 bridgehead atoms. The van der Waals surface area contributed by atoms with Crippen molar-refractivity contribution in [2.24, 2.45) is 0 Å². The Morgan fingerprint density at radius 1 is 0.968 bits per heavy atom. The van der Waals surface area contributed by atoms with E-state index in [1.165, 1.54) is 0 Å². The third kappa shape index (κ3) is 3.64. The molecule has 2 aromatic carbocycles. The number of fused-ring (bicyclic) bond motifs is 2. The number of amides is 1. The average molecular weight is 407 g/mol. The molecule has 5 aromatic rings. The lowest BCUT2D eigenvalue weighted by Crippen LogP contribution is -2.23. The van der Waals surface area contributed by atoms with Crippen molar-refractivity contribution in [2.75, 3.05) is 0 Å². The number of hydrogen-bond acceptors (Lipinski definition) is 4. The van der Waals surface area contributed by atoms with Crippen LogP contribution in [-0.2, 0) is 6.54 Å². The van der Waals surface area contributed by atoms with Gasteiger partial charge in [-0.3, -0.25) is 14.3 Å². The van der Waals surface area contributed by atoms with Crippen molar-refractivity contribution in [1.29, 1.82) is 0 Å². The van der Waals surface area contributed by atoms with E-state index in [-0.39, 0.29) is 5.91 Å². The normalized spacial score (nSPS) is 11.2. The number of carbonyl (C=O) groups is 1. The lowest BCUT2D eigenvalue weighted by atomic mass is 10.0. The summed E-state index contributed by atoms with van der Waals surface area (Å²) in [5, 5.41) is 3.88. The van der Waals surface area contributed by atoms with Crippen LogP contribution >= 0.6 is 0 Å². The summed E-state index contributed by atoms with van der Waals surface area (Å²) >= 11 is 0. The molecule has 0 saturated heterocycles. The van der Waals surface area contributed by atoms with Crippen LogP contribution in [0.25, 0.3) is 27.8 Å². The Balaban J connectivity index is 1.35. The number of nitrogens with zero attached hydrogens (tertiary/aromatic N) is 4. The minimum Gasteiger partial charge on any atom is -0.348 e. The lowest BCUT2D eigenvalue weighted by Gasteiger charge is -2.10. The smallest absolute Gasteiger partial charge is 0.252 e. The van der Waals surface area contributed by atoms with Crippen LogP contribution in [0.2, 0.25) is 0 Å². The van der Waals surface area contributed by atoms with Crippen molar-refractivity contribution < 1.29 is 4.79 Å². The molecule has 1 N–H and O–H groups in total. The first-order valence-corrected chi connectivity index (χ1v) is 10.1. The molecule has 0 radical (unpaired) electrons. The molecule has 3 aromatic heterocycles. The van der Waals surface area contributed by atoms with Crippen molar-refractivity contribution in [3.8, 4) is 5.82 Å². The van der Waals surface area contributed by atoms with Gasteiger partial charge >= 0.3 is 0 Å². The predicted molar refractivity (Wildman–Crippen MR) is 121 cm³/mol. The fraction of sp³-hybridized carbons (Fsp3) is 0.120. The molecule has 0 aliphatic carbocycles. The summed E-state index contributed by atoms with van der Waals surface area (Å²) in [7, 11) is 0. The number of para-hydroxylation sites is 2. The Morgan fingerprint density at radius 2 is 1.84 bits per heavy atom. The Morgan fingerprint density at radius 3 is 2.68 bits per heavy atom. The Kier molecular flexibility index (Phi) is 4.67. The van der Waals surface area contributed by atoms with Crippen LogP contribution in [0.5, 0.6) is 0 Å². The van der Waals surface area contributed by atoms with E-state index in [0.717, 1.165) is 44.6 Å². The standard InChI is InChI=1S/C25H21N5O/c1-16-7-9-21-19(11-16)20(12-17(2)29-21)25(31)27-14-18-8-10-24(26-13-18)30-15-28-22-5-3-4-6-23(22)30/h3-13,15H,14H2,1-2H3,(H,27,31). The summed E-state index contributed by atoms with van der Waals surface area (Å²) in [6.45, 7) is 4.31. The minimum atomic E-state index is -0.120. The number of nitrogens with one attached hydrogen (secondary N) is 1. The Hall–Kier alpha value is -4.06. The molecule has 0 spiro atoms. The van der Waals surface area contributed by atoms with E-state index in [0.29, 0.717) is 12.1 Å². The van der Waals surface area contributed by atoms with Gasteiger partial charge in [-0.05, 0) is 55.8 Å². The molecule has 31 heavy (non-hydrogen) atoms. The first-order chi connectivity index (χ1) is 15.1. The van der Waals surface area contributed by atoms with E-state index in [2.05, 4.69) is 20.3 Å². The second-order valence-electron chi connectivity index (χ2n) is 7.64. The minimum absolute atomic E-state index is 0.120. The Labute approximate surface area is 179 Å². The molecule has 6 heteroatoms. The van der Waals surface area contributed by atoms with Gasteiger partial charge in [0, 0.05) is 23.8 Å². The van der Waals surface area contributed by atoms with Crippen LogP contribution in [0.1, 0.15) is 27.2 Å². The van der Waals surface area contributed by atoms with Gasteiger partial charge in [0.25, 0.3) is 5.91 Å². The fourth-order valence-corrected chi connectivity index (χ4v) is 3.74. The highest BCUT2D eigenvalue weighted by atomic mass is 16.1. The molecule has 0 unspecified atom stereocenters. The number of carbonyl (C=O) groups excluding carboxylic acids is 1. The zero-order valence-corrected chi connectivity index (χ0v) is 17.3. The number of aryl methyl sites for hydroxylation is 2. The van der Waals surface area contributed by atoms with E-state index in [4.69, 9.17) is 0 Å². The summed E-state index contributed by atoms with van der Waals surface area (Å²) in [6, 6.07) is 19.6. The first kappa shape index (κ1) is 18.9. The third-order valence-electron chi connectivity index (χ3n) is 5.30. The summed E-state index contributed by atoms with van der Waals surface area (Å²) in [5.74, 6) is 0.667. The highest BCUT2D eigenvalue weighted by Crippen LogP contribution is 2.20. The van der Waals surface area contributed by atoms with Gasteiger partial charge in [-0.1, -0.05) is 29.8 Å². The first-order valence-electron chi connectivity index (χ1n) is 10.1. The van der Waals surface area contributed by atoms with E-state index in [9.17, 15) is 4.79 Å². The van der Waals surface area contributed by atoms with Crippen molar-refractivity contribution in [2.45, 2.75) is 20.4 Å². The number of rotatable bonds is 4. The molecule has 6 nitrogen and oxygen atoms in total. The van der Waals surface area contributed by atoms with Gasteiger partial charge in [-0.15, -0.1) is 0 Å². The largest absolute Gasteiger partial charge is 0.348 e. The zero-order valence-electron chi connectivity index (χ0n) is 17.3. The molecule has 3 heterocycles. The summed E-state index contributed by atoms with van der Waals surface area (Å²) in [5.41, 5.74) is 6.24. The maximum atomic E-state index is 12.9. The fourth-order valence-electron chi connectivity index (χ4n) is 3.74. The summed E-state index contributed by atoms with van der Waals surface area (Å²) < 4.78 is 1.95. The van der Waals surface area contributed by atoms with Crippen LogP contribution in [0.4, 0.5) is 0 Å². The maximum absolute atomic E-state index is 12.9. The Bertz CT molecular complexity index is 1420. The van der Waals surface area contributed by atoms with Crippen LogP contribution in [0.3, 0.4) is 0 Å². The molecule has 0 aliphatic rings. The quantitative estimate of drug-likeness (QED) is 0.476. The molecule has 0 fully saturated rings. The van der Waals surface area contributed by atoms with Crippen LogP contribution in [-0.4, -0.2) is 25.4 Å². The second kappa shape index (κ2) is 7.65. The SMILES string of the molecule is Cc1ccc2nc(C)cc(C(=O)NCc3ccc(-n4cnc5ccccc54)nc3)c2c1. The molecular formula is C25H21N5O. The number of aromatic nitrogens is 4. The second-order valence-corrected chi connectivity index (χ2v) is 7.64. The van der Waals surface area contributed by atoms with E-state index in [1.54, 1.807) is 12.5 Å². The number of benzene rings is 2. The highest BCUT2D eigenvalue weighted by Gasteiger charge is 2.12. The lowest BCUT2D eigenvalue weighted by molar-refractivity contribution is 0.0952. The number of imidazole rings is 1. The molecule has 0 aliphatic heterocycles. The van der Waals surface area contributed by atoms with E-state index >= 15 is 0 Å². The van der Waals surface area contributed by atoms with Crippen LogP contribution < -0.4 is 5.32 Å². The van der Waals surface area contributed by atoms with Crippen LogP contribution in [0.15, 0.2) is 73.2 Å². The maximum Gasteiger partial charge on any atom is 0.252 e. The molecule has 5 rings (SSSR count). The van der Waals surface area contributed by atoms with Gasteiger partial charge in [0.05, 0.1) is 22.1 Å². The molecule has 152 valence electrons. The highest BCUT2D eigenvalue weighted by molar-refractivity contribution is 6.06. The third-order valence-corrected chi connectivity index (χ3v) is 5.30. The van der Waals surface area contributed by atoms with Crippen molar-refractivity contribution in [1.82, 2.24) is 24.8 Å². The van der Waals surface area contributed by atoms with Crippen molar-refractivity contribution in [3.05, 3.63) is 95.6 Å². The molecule has 0 saturated carbocycles. The van der Waals surface area contributed by atoms with Gasteiger partial charge in [0.15, 0.2) is 0 Å². The average Bonchev–Trinajstić information content (AvgIpc) is 3.22. The summed E-state index contributed by atoms with van der Waals surface area (Å²) in [6.07, 6.45) is 3.55. The monoisotopic (exact) mass is 407 g/mol. The van der Waals surface area contributed by atoms with E-state index in [1.807, 2.05) is 79.1 Å². The number of hydrogen-bond donors (Lipinski definition) is 1. The van der Waals surface area contributed by atoms with Gasteiger partial charge in [0.1, 0.15) is 12.1 Å². The van der Waals surface area contributed by atoms with Crippen molar-refractivity contribution in [3.63, 3.8) is 0 Å². The van der Waals surface area contributed by atoms with Crippen molar-refractivity contribution >= 4 is 27.8 Å². The topological polar surface area (TPSA) is 72.7 Å². The van der Waals surface area contributed by atoms with Gasteiger partial charge < -0.3 is 5.32 Å². The zero-order chi connectivity index (χ0) is 21.4. The van der Waals surface area contributed by atoms with Gasteiger partial charge in [0.2, 0.25) is 0 Å². The molecule has 0 atom stereocenters. The number of pyridine rings is 2. The molecular weight excluding hydrogens is 386 g/mol. The summed E-state index contributed by atoms with van der Waals surface area (Å²) in [4.78, 5) is 26.4. The van der Waals surface area contributed by atoms with Gasteiger partial charge in [-0.25, -0.2) is 9.97 Å².